The Morgan fingerprint density at radius 1 is 1.56 bits per heavy atom. The van der Waals surface area contributed by atoms with Crippen molar-refractivity contribution in [1.29, 1.82) is 0 Å². The summed E-state index contributed by atoms with van der Waals surface area (Å²) in [6.07, 6.45) is 0. The van der Waals surface area contributed by atoms with E-state index in [0.717, 1.165) is 6.54 Å². The molecule has 1 heterocycles. The summed E-state index contributed by atoms with van der Waals surface area (Å²) in [6, 6.07) is 1.99. The van der Waals surface area contributed by atoms with Crippen LogP contribution in [0.5, 0.6) is 0 Å². The molecule has 0 spiro atoms. The van der Waals surface area contributed by atoms with Gasteiger partial charge < -0.3 is 16.2 Å². The number of hydrogen-bond donors (Lipinski definition) is 3. The minimum Gasteiger partial charge on any atom is -0.395 e. The summed E-state index contributed by atoms with van der Waals surface area (Å²) >= 11 is 1.80. The summed E-state index contributed by atoms with van der Waals surface area (Å²) in [5.74, 6) is 0. The lowest BCUT2D eigenvalue weighted by Crippen LogP contribution is -2.41. The lowest BCUT2D eigenvalue weighted by atomic mass is 9.89. The van der Waals surface area contributed by atoms with E-state index in [0.29, 0.717) is 6.54 Å². The van der Waals surface area contributed by atoms with Gasteiger partial charge in [0.15, 0.2) is 0 Å². The van der Waals surface area contributed by atoms with Crippen molar-refractivity contribution in [2.45, 2.75) is 32.2 Å². The molecule has 1 rings (SSSR count). The van der Waals surface area contributed by atoms with Crippen LogP contribution in [0.2, 0.25) is 0 Å². The van der Waals surface area contributed by atoms with E-state index in [2.05, 4.69) is 37.5 Å². The predicted octanol–water partition coefficient (Wildman–Crippen LogP) is 1.24. The average molecular weight is 242 g/mol. The van der Waals surface area contributed by atoms with Gasteiger partial charge in [0.1, 0.15) is 0 Å². The van der Waals surface area contributed by atoms with Crippen molar-refractivity contribution in [3.63, 3.8) is 0 Å². The molecule has 0 aromatic carbocycles. The number of rotatable bonds is 6. The van der Waals surface area contributed by atoms with E-state index in [1.54, 1.807) is 11.3 Å². The van der Waals surface area contributed by atoms with Crippen LogP contribution in [0.15, 0.2) is 11.4 Å². The Morgan fingerprint density at radius 3 is 2.75 bits per heavy atom. The van der Waals surface area contributed by atoms with E-state index in [4.69, 9.17) is 10.8 Å². The molecule has 0 aliphatic heterocycles. The van der Waals surface area contributed by atoms with Crippen molar-refractivity contribution in [3.05, 3.63) is 21.9 Å². The summed E-state index contributed by atoms with van der Waals surface area (Å²) in [5.41, 5.74) is 7.11. The number of aliphatic hydroxyl groups is 1. The van der Waals surface area contributed by atoms with E-state index in [1.165, 1.54) is 10.4 Å². The van der Waals surface area contributed by atoms with Gasteiger partial charge in [-0.25, -0.2) is 0 Å². The first-order valence-corrected chi connectivity index (χ1v) is 6.47. The summed E-state index contributed by atoms with van der Waals surface area (Å²) in [6.45, 7) is 8.16. The van der Waals surface area contributed by atoms with Gasteiger partial charge in [-0.2, -0.15) is 0 Å². The van der Waals surface area contributed by atoms with Gasteiger partial charge in [-0.15, -0.1) is 11.3 Å². The summed E-state index contributed by atoms with van der Waals surface area (Å²) < 4.78 is 0. The largest absolute Gasteiger partial charge is 0.395 e. The molecule has 0 radical (unpaired) electrons. The Morgan fingerprint density at radius 2 is 2.25 bits per heavy atom. The Hall–Kier alpha value is -0.420. The first kappa shape index (κ1) is 13.6. The third kappa shape index (κ3) is 3.56. The number of nitrogens with two attached hydrogens (primary N) is 1. The third-order valence-corrected chi connectivity index (χ3v) is 4.07. The Bertz CT molecular complexity index is 323. The maximum absolute atomic E-state index is 8.83. The van der Waals surface area contributed by atoms with E-state index in [9.17, 15) is 0 Å². The molecule has 0 bridgehead atoms. The molecule has 16 heavy (non-hydrogen) atoms. The summed E-state index contributed by atoms with van der Waals surface area (Å²) in [7, 11) is 0. The zero-order valence-corrected chi connectivity index (χ0v) is 11.1. The number of hydrogen-bond acceptors (Lipinski definition) is 4. The fourth-order valence-electron chi connectivity index (χ4n) is 1.78. The fourth-order valence-corrected chi connectivity index (χ4v) is 2.83. The molecule has 0 aliphatic rings. The van der Waals surface area contributed by atoms with Crippen molar-refractivity contribution in [2.24, 2.45) is 5.73 Å². The lowest BCUT2D eigenvalue weighted by molar-refractivity contribution is 0.260. The predicted molar refractivity (Wildman–Crippen MR) is 70.0 cm³/mol. The molecule has 0 aliphatic carbocycles. The zero-order valence-electron chi connectivity index (χ0n) is 10.3. The monoisotopic (exact) mass is 242 g/mol. The van der Waals surface area contributed by atoms with Crippen LogP contribution in [-0.4, -0.2) is 30.8 Å². The quantitative estimate of drug-likeness (QED) is 0.703. The van der Waals surface area contributed by atoms with Gasteiger partial charge in [0, 0.05) is 29.4 Å². The second-order valence-corrected chi connectivity index (χ2v) is 5.81. The number of aliphatic hydroxyl groups excluding tert-OH is 1. The molecule has 0 fully saturated rings. The topological polar surface area (TPSA) is 58.3 Å². The van der Waals surface area contributed by atoms with Gasteiger partial charge in [-0.3, -0.25) is 0 Å². The first-order chi connectivity index (χ1) is 7.47. The van der Waals surface area contributed by atoms with Crippen LogP contribution in [0.3, 0.4) is 0 Å². The maximum atomic E-state index is 8.83. The molecular formula is C12H22N2OS. The molecule has 4 N–H and O–H groups in total. The third-order valence-electron chi connectivity index (χ3n) is 2.68. The molecule has 1 aromatic heterocycles. The van der Waals surface area contributed by atoms with E-state index in [1.807, 2.05) is 0 Å². The minimum absolute atomic E-state index is 0.0332. The summed E-state index contributed by atoms with van der Waals surface area (Å²) in [4.78, 5) is 1.41. The van der Waals surface area contributed by atoms with Crippen LogP contribution in [0, 0.1) is 6.92 Å². The average Bonchev–Trinajstić information content (AvgIpc) is 2.64. The highest BCUT2D eigenvalue weighted by atomic mass is 32.1. The zero-order chi connectivity index (χ0) is 12.2. The van der Waals surface area contributed by atoms with Crippen molar-refractivity contribution in [2.75, 3.05) is 19.7 Å². The highest BCUT2D eigenvalue weighted by Gasteiger charge is 2.23. The summed E-state index contributed by atoms with van der Waals surface area (Å²) in [5, 5.41) is 14.3. The Kier molecular flexibility index (Phi) is 4.92. The van der Waals surface area contributed by atoms with Crippen LogP contribution >= 0.6 is 11.3 Å². The molecule has 92 valence electrons. The Balaban J connectivity index is 2.49. The number of thiophene rings is 1. The van der Waals surface area contributed by atoms with Crippen molar-refractivity contribution in [3.8, 4) is 0 Å². The van der Waals surface area contributed by atoms with E-state index >= 15 is 0 Å². The highest BCUT2D eigenvalue weighted by Crippen LogP contribution is 2.30. The Labute approximate surface area is 102 Å². The van der Waals surface area contributed by atoms with Crippen LogP contribution < -0.4 is 11.1 Å². The van der Waals surface area contributed by atoms with Crippen LogP contribution in [0.1, 0.15) is 24.3 Å². The normalized spacial score (nSPS) is 14.1. The molecule has 0 saturated heterocycles. The SMILES string of the molecule is Cc1ccsc1C(C)(C)CNCC(N)CO. The fraction of sp³-hybridized carbons (Fsp3) is 0.667. The number of aryl methyl sites for hydroxylation is 1. The van der Waals surface area contributed by atoms with Crippen LogP contribution in [0.4, 0.5) is 0 Å². The molecule has 0 saturated carbocycles. The lowest BCUT2D eigenvalue weighted by Gasteiger charge is -2.25. The molecule has 1 atom stereocenters. The van der Waals surface area contributed by atoms with Crippen molar-refractivity contribution < 1.29 is 5.11 Å². The standard InChI is InChI=1S/C12H22N2OS/c1-9-4-5-16-11(9)12(2,3)8-14-6-10(13)7-15/h4-5,10,14-15H,6-8,13H2,1-3H3. The molecule has 4 heteroatoms. The molecule has 1 aromatic rings. The minimum atomic E-state index is -0.166. The van der Waals surface area contributed by atoms with Gasteiger partial charge in [-0.05, 0) is 23.9 Å². The van der Waals surface area contributed by atoms with Crippen molar-refractivity contribution >= 4 is 11.3 Å². The smallest absolute Gasteiger partial charge is 0.0594 e. The second-order valence-electron chi connectivity index (χ2n) is 4.89. The van der Waals surface area contributed by atoms with Gasteiger partial charge >= 0.3 is 0 Å². The van der Waals surface area contributed by atoms with E-state index in [-0.39, 0.29) is 18.1 Å². The number of nitrogens with one attached hydrogen (secondary N) is 1. The van der Waals surface area contributed by atoms with Crippen molar-refractivity contribution in [1.82, 2.24) is 5.32 Å². The van der Waals surface area contributed by atoms with E-state index < -0.39 is 0 Å². The van der Waals surface area contributed by atoms with Crippen LogP contribution in [-0.2, 0) is 5.41 Å². The highest BCUT2D eigenvalue weighted by molar-refractivity contribution is 7.10. The van der Waals surface area contributed by atoms with Gasteiger partial charge in [0.2, 0.25) is 0 Å². The molecule has 3 nitrogen and oxygen atoms in total. The first-order valence-electron chi connectivity index (χ1n) is 5.59. The maximum Gasteiger partial charge on any atom is 0.0594 e. The molecular weight excluding hydrogens is 220 g/mol. The van der Waals surface area contributed by atoms with Gasteiger partial charge in [0.25, 0.3) is 0 Å². The van der Waals surface area contributed by atoms with Gasteiger partial charge in [0.05, 0.1) is 6.61 Å². The molecule has 1 unspecified atom stereocenters. The second kappa shape index (κ2) is 5.77. The van der Waals surface area contributed by atoms with Crippen LogP contribution in [0.25, 0.3) is 0 Å². The molecule has 0 amide bonds. The van der Waals surface area contributed by atoms with Gasteiger partial charge in [-0.1, -0.05) is 13.8 Å².